The van der Waals surface area contributed by atoms with Crippen molar-refractivity contribution in [3.05, 3.63) is 34.3 Å². The van der Waals surface area contributed by atoms with Gasteiger partial charge in [0.05, 0.1) is 5.54 Å². The van der Waals surface area contributed by atoms with Crippen LogP contribution in [0.1, 0.15) is 35.2 Å². The van der Waals surface area contributed by atoms with Crippen LogP contribution >= 0.6 is 23.2 Å². The van der Waals surface area contributed by atoms with Gasteiger partial charge in [0.1, 0.15) is 0 Å². The Hall–Kier alpha value is -0.730. The number of aryl methyl sites for hydroxylation is 1. The predicted octanol–water partition coefficient (Wildman–Crippen LogP) is 3.54. The van der Waals surface area contributed by atoms with E-state index in [0.29, 0.717) is 16.5 Å². The van der Waals surface area contributed by atoms with Gasteiger partial charge >= 0.3 is 0 Å². The first-order valence-corrected chi connectivity index (χ1v) is 6.62. The van der Waals surface area contributed by atoms with Crippen LogP contribution in [0.25, 0.3) is 0 Å². The molecule has 1 amide bonds. The lowest BCUT2D eigenvalue weighted by molar-refractivity contribution is 0.0853. The number of carbonyl (C=O) groups is 1. The lowest BCUT2D eigenvalue weighted by Gasteiger charge is -2.41. The zero-order valence-corrected chi connectivity index (χ0v) is 11.2. The summed E-state index contributed by atoms with van der Waals surface area (Å²) in [5.74, 6) is 0.392. The Morgan fingerprint density at radius 1 is 1.47 bits per heavy atom. The number of alkyl halides is 1. The lowest BCUT2D eigenvalue weighted by atomic mass is 9.78. The Morgan fingerprint density at radius 2 is 2.18 bits per heavy atom. The summed E-state index contributed by atoms with van der Waals surface area (Å²) in [6.45, 7) is 1.90. The average Bonchev–Trinajstić information content (AvgIpc) is 2.26. The number of hydrogen-bond donors (Lipinski definition) is 1. The molecule has 0 aliphatic heterocycles. The van der Waals surface area contributed by atoms with Crippen molar-refractivity contribution in [3.8, 4) is 0 Å². The van der Waals surface area contributed by atoms with Crippen LogP contribution in [0.5, 0.6) is 0 Å². The van der Waals surface area contributed by atoms with E-state index in [9.17, 15) is 4.79 Å². The molecule has 0 atom stereocenters. The van der Waals surface area contributed by atoms with Crippen LogP contribution in [0.15, 0.2) is 18.2 Å². The van der Waals surface area contributed by atoms with Gasteiger partial charge in [0.25, 0.3) is 5.91 Å². The summed E-state index contributed by atoms with van der Waals surface area (Å²) in [6, 6.07) is 5.34. The third-order valence-electron chi connectivity index (χ3n) is 3.39. The molecule has 1 aromatic rings. The van der Waals surface area contributed by atoms with Crippen LogP contribution in [-0.4, -0.2) is 17.3 Å². The summed E-state index contributed by atoms with van der Waals surface area (Å²) < 4.78 is 0. The standard InChI is InChI=1S/C13H15Cl2NO/c1-9-3-4-10(15)7-11(9)12(17)16-13(8-14)5-2-6-13/h3-4,7H,2,5-6,8H2,1H3,(H,16,17). The molecule has 4 heteroatoms. The van der Waals surface area contributed by atoms with Crippen LogP contribution in [0.3, 0.4) is 0 Å². The Balaban J connectivity index is 2.17. The predicted molar refractivity (Wildman–Crippen MR) is 71.0 cm³/mol. The van der Waals surface area contributed by atoms with Gasteiger partial charge in [-0.05, 0) is 43.9 Å². The second kappa shape index (κ2) is 4.87. The summed E-state index contributed by atoms with van der Waals surface area (Å²) in [7, 11) is 0. The largest absolute Gasteiger partial charge is 0.345 e. The van der Waals surface area contributed by atoms with Gasteiger partial charge < -0.3 is 5.32 Å². The minimum atomic E-state index is -0.201. The highest BCUT2D eigenvalue weighted by Gasteiger charge is 2.37. The minimum absolute atomic E-state index is 0.0784. The third-order valence-corrected chi connectivity index (χ3v) is 4.14. The molecule has 1 fully saturated rings. The van der Waals surface area contributed by atoms with Crippen molar-refractivity contribution in [2.45, 2.75) is 31.7 Å². The second-order valence-electron chi connectivity index (χ2n) is 4.68. The quantitative estimate of drug-likeness (QED) is 0.838. The van der Waals surface area contributed by atoms with Crippen LogP contribution in [-0.2, 0) is 0 Å². The first-order chi connectivity index (χ1) is 8.06. The molecule has 0 spiro atoms. The molecule has 1 aliphatic carbocycles. The van der Waals surface area contributed by atoms with Gasteiger partial charge in [-0.15, -0.1) is 11.6 Å². The number of hydrogen-bond acceptors (Lipinski definition) is 1. The van der Waals surface area contributed by atoms with Crippen molar-refractivity contribution in [1.82, 2.24) is 5.32 Å². The zero-order chi connectivity index (χ0) is 12.5. The monoisotopic (exact) mass is 271 g/mol. The van der Waals surface area contributed by atoms with E-state index in [1.54, 1.807) is 12.1 Å². The van der Waals surface area contributed by atoms with Gasteiger partial charge in [0.15, 0.2) is 0 Å². The maximum absolute atomic E-state index is 12.2. The number of nitrogens with one attached hydrogen (secondary N) is 1. The molecule has 0 heterocycles. The molecule has 0 aromatic heterocycles. The van der Waals surface area contributed by atoms with Crippen molar-refractivity contribution in [2.24, 2.45) is 0 Å². The van der Waals surface area contributed by atoms with Crippen molar-refractivity contribution >= 4 is 29.1 Å². The van der Waals surface area contributed by atoms with E-state index < -0.39 is 0 Å². The first-order valence-electron chi connectivity index (χ1n) is 5.71. The molecule has 0 radical (unpaired) electrons. The maximum Gasteiger partial charge on any atom is 0.252 e. The maximum atomic E-state index is 12.2. The SMILES string of the molecule is Cc1ccc(Cl)cc1C(=O)NC1(CCl)CCC1. The Morgan fingerprint density at radius 3 is 2.71 bits per heavy atom. The highest BCUT2D eigenvalue weighted by atomic mass is 35.5. The Kier molecular flexibility index (Phi) is 3.64. The summed E-state index contributed by atoms with van der Waals surface area (Å²) in [5.41, 5.74) is 1.36. The molecule has 17 heavy (non-hydrogen) atoms. The van der Waals surface area contributed by atoms with E-state index in [2.05, 4.69) is 5.32 Å². The van der Waals surface area contributed by atoms with E-state index in [-0.39, 0.29) is 11.4 Å². The zero-order valence-electron chi connectivity index (χ0n) is 9.72. The fourth-order valence-corrected chi connectivity index (χ4v) is 2.55. The molecule has 1 N–H and O–H groups in total. The van der Waals surface area contributed by atoms with Crippen molar-refractivity contribution in [2.75, 3.05) is 5.88 Å². The van der Waals surface area contributed by atoms with Crippen LogP contribution in [0.4, 0.5) is 0 Å². The fourth-order valence-electron chi connectivity index (χ4n) is 2.04. The van der Waals surface area contributed by atoms with Gasteiger partial charge in [-0.3, -0.25) is 4.79 Å². The average molecular weight is 272 g/mol. The Bertz CT molecular complexity index is 436. The van der Waals surface area contributed by atoms with E-state index in [0.717, 1.165) is 24.8 Å². The van der Waals surface area contributed by atoms with Gasteiger partial charge in [-0.25, -0.2) is 0 Å². The molecule has 2 rings (SSSR count). The topological polar surface area (TPSA) is 29.1 Å². The van der Waals surface area contributed by atoms with E-state index in [4.69, 9.17) is 23.2 Å². The molecule has 0 bridgehead atoms. The third kappa shape index (κ3) is 2.58. The van der Waals surface area contributed by atoms with Crippen LogP contribution in [0.2, 0.25) is 5.02 Å². The molecule has 92 valence electrons. The first kappa shape index (κ1) is 12.7. The molecule has 1 aliphatic rings. The summed E-state index contributed by atoms with van der Waals surface area (Å²) in [5, 5.41) is 3.61. The van der Waals surface area contributed by atoms with Gasteiger partial charge in [0.2, 0.25) is 0 Å². The highest BCUT2D eigenvalue weighted by Crippen LogP contribution is 2.33. The van der Waals surface area contributed by atoms with Crippen molar-refractivity contribution in [1.29, 1.82) is 0 Å². The molecular formula is C13H15Cl2NO. The molecular weight excluding hydrogens is 257 g/mol. The van der Waals surface area contributed by atoms with Crippen LogP contribution < -0.4 is 5.32 Å². The van der Waals surface area contributed by atoms with Crippen LogP contribution in [0, 0.1) is 6.92 Å². The summed E-state index contributed by atoms with van der Waals surface area (Å²) >= 11 is 11.8. The Labute approximate surface area is 111 Å². The number of amides is 1. The molecule has 1 aromatic carbocycles. The fraction of sp³-hybridized carbons (Fsp3) is 0.462. The summed E-state index contributed by atoms with van der Waals surface area (Å²) in [4.78, 5) is 12.2. The smallest absolute Gasteiger partial charge is 0.252 e. The number of benzene rings is 1. The number of carbonyl (C=O) groups excluding carboxylic acids is 1. The van der Waals surface area contributed by atoms with Gasteiger partial charge in [-0.2, -0.15) is 0 Å². The molecule has 0 saturated heterocycles. The highest BCUT2D eigenvalue weighted by molar-refractivity contribution is 6.31. The second-order valence-corrected chi connectivity index (χ2v) is 5.38. The molecule has 1 saturated carbocycles. The van der Waals surface area contributed by atoms with Crippen molar-refractivity contribution in [3.63, 3.8) is 0 Å². The van der Waals surface area contributed by atoms with Gasteiger partial charge in [0, 0.05) is 16.5 Å². The number of rotatable bonds is 3. The number of halogens is 2. The van der Waals surface area contributed by atoms with Crippen molar-refractivity contribution < 1.29 is 4.79 Å². The molecule has 0 unspecified atom stereocenters. The minimum Gasteiger partial charge on any atom is -0.345 e. The van der Waals surface area contributed by atoms with E-state index in [1.165, 1.54) is 0 Å². The van der Waals surface area contributed by atoms with E-state index in [1.807, 2.05) is 13.0 Å². The summed E-state index contributed by atoms with van der Waals surface area (Å²) in [6.07, 6.45) is 3.05. The normalized spacial score (nSPS) is 17.4. The van der Waals surface area contributed by atoms with Gasteiger partial charge in [-0.1, -0.05) is 17.7 Å². The molecule has 2 nitrogen and oxygen atoms in total. The lowest BCUT2D eigenvalue weighted by Crippen LogP contribution is -2.55. The van der Waals surface area contributed by atoms with E-state index >= 15 is 0 Å².